The smallest absolute Gasteiger partial charge is 0.471 e. The van der Waals surface area contributed by atoms with Gasteiger partial charge in [-0.1, -0.05) is 0 Å². The van der Waals surface area contributed by atoms with Gasteiger partial charge in [0.2, 0.25) is 11.8 Å². The number of hydrogen-bond donors (Lipinski definition) is 4. The minimum atomic E-state index is -5.33. The minimum absolute atomic E-state index is 0.381. The predicted octanol–water partition coefficient (Wildman–Crippen LogP) is -1.11. The number of rotatable bonds is 7. The lowest BCUT2D eigenvalue weighted by atomic mass is 10.1. The Kier molecular flexibility index (Phi) is 5.93. The third-order valence-corrected chi connectivity index (χ3v) is 2.24. The van der Waals surface area contributed by atoms with Crippen LogP contribution >= 0.6 is 0 Å². The van der Waals surface area contributed by atoms with Gasteiger partial charge in [-0.25, -0.2) is 0 Å². The Hall–Kier alpha value is -2.33. The average Bonchev–Trinajstić information content (AvgIpc) is 2.38. The molecule has 120 valence electrons. The van der Waals surface area contributed by atoms with Crippen molar-refractivity contribution in [2.45, 2.75) is 38.0 Å². The molecule has 2 atom stereocenters. The molecule has 0 aliphatic heterocycles. The van der Waals surface area contributed by atoms with E-state index >= 15 is 0 Å². The second kappa shape index (κ2) is 7.45. The van der Waals surface area contributed by atoms with E-state index in [0.29, 0.717) is 0 Å². The van der Waals surface area contributed by atoms with Gasteiger partial charge in [0, 0.05) is 6.42 Å². The molecule has 0 bridgehead atoms. The summed E-state index contributed by atoms with van der Waals surface area (Å²) in [5.41, 5.74) is 4.92. The fourth-order valence-corrected chi connectivity index (χ4v) is 1.15. The van der Waals surface area contributed by atoms with Crippen molar-refractivity contribution in [1.82, 2.24) is 10.6 Å². The monoisotopic (exact) mass is 314 g/mol. The molecule has 21 heavy (non-hydrogen) atoms. The van der Waals surface area contributed by atoms with E-state index in [-0.39, 0.29) is 6.42 Å². The molecule has 0 aromatic heterocycles. The molecule has 0 fully saturated rings. The molecule has 0 heterocycles. The molecule has 0 rings (SSSR count). The Balaban J connectivity index is 4.83. The summed E-state index contributed by atoms with van der Waals surface area (Å²) in [5.74, 6) is -6.18. The van der Waals surface area contributed by atoms with Crippen molar-refractivity contribution < 1.29 is 38.9 Å². The number of amides is 3. The number of carboxylic acid groups (broad SMARTS) is 1. The van der Waals surface area contributed by atoms with Crippen molar-refractivity contribution in [2.24, 2.45) is 5.73 Å². The molecule has 8 nitrogen and oxygen atoms in total. The van der Waals surface area contributed by atoms with Crippen LogP contribution in [0.3, 0.4) is 0 Å². The van der Waals surface area contributed by atoms with Crippen molar-refractivity contribution in [3.05, 3.63) is 0 Å². The summed E-state index contributed by atoms with van der Waals surface area (Å²) in [7, 11) is 0. The Labute approximate surface area is 118 Å². The zero-order valence-corrected chi connectivity index (χ0v) is 10.8. The maximum absolute atomic E-state index is 12.1. The van der Waals surface area contributed by atoms with Gasteiger partial charge in [0.25, 0.3) is 0 Å². The maximum Gasteiger partial charge on any atom is 0.471 e. The lowest BCUT2D eigenvalue weighted by Crippen LogP contribution is -2.53. The molecule has 11 heteroatoms. The molecule has 0 aliphatic rings. The summed E-state index contributed by atoms with van der Waals surface area (Å²) < 4.78 is 43.4. The van der Waals surface area contributed by atoms with Crippen LogP contribution in [0.15, 0.2) is 0 Å². The second-order valence-electron chi connectivity index (χ2n) is 4.00. The van der Waals surface area contributed by atoms with Gasteiger partial charge in [-0.3, -0.25) is 19.2 Å². The first-order chi connectivity index (χ1) is 9.87. The van der Waals surface area contributed by atoms with Crippen LogP contribution in [0.25, 0.3) is 0 Å². The molecule has 3 amide bonds. The molecule has 0 unspecified atom stereocenters. The van der Waals surface area contributed by atoms with Gasteiger partial charge in [0.1, 0.15) is 12.1 Å². The number of alkyl halides is 3. The first-order valence-corrected chi connectivity index (χ1v) is 5.58. The average molecular weight is 314 g/mol. The van der Waals surface area contributed by atoms with E-state index in [9.17, 15) is 32.3 Å². The highest BCUT2D eigenvalue weighted by atomic mass is 19.4. The first-order valence-electron chi connectivity index (χ1n) is 6.03. The molecule has 0 saturated carbocycles. The summed E-state index contributed by atoms with van der Waals surface area (Å²) in [6.45, 7) is 0.835. The highest BCUT2D eigenvalue weighted by Gasteiger charge is 2.40. The lowest BCUT2D eigenvalue weighted by molar-refractivity contribution is -0.174. The number of nitrogens with two attached hydrogens (primary N) is 1. The first kappa shape index (κ1) is 16.7. The third kappa shape index (κ3) is 7.13. The van der Waals surface area contributed by atoms with Gasteiger partial charge < -0.3 is 21.5 Å². The molecule has 0 saturated heterocycles. The number of carboxylic acids is 1. The molecular weight excluding hydrogens is 299 g/mol. The normalized spacial score (nSPS) is 14.6. The van der Waals surface area contributed by atoms with Crippen LogP contribution in [0.5, 0.6) is 0 Å². The number of aliphatic carboxylic acids is 1. The van der Waals surface area contributed by atoms with E-state index in [1.807, 2.05) is 5.32 Å². The van der Waals surface area contributed by atoms with E-state index in [1.54, 1.807) is 0 Å². The van der Waals surface area contributed by atoms with Crippen molar-refractivity contribution in [3.63, 3.8) is 0 Å². The van der Waals surface area contributed by atoms with Crippen LogP contribution in [0, 0.1) is 0 Å². The van der Waals surface area contributed by atoms with Gasteiger partial charge in [-0.2, -0.15) is 13.2 Å². The minimum Gasteiger partial charge on any atom is -0.481 e. The van der Waals surface area contributed by atoms with E-state index < -0.39 is 53.7 Å². The van der Waals surface area contributed by atoms with Crippen LogP contribution < -0.4 is 16.4 Å². The lowest BCUT2D eigenvalue weighted by Gasteiger charge is -2.19. The Bertz CT molecular complexity index is 471. The molecule has 5 N–H and O–H groups in total. The van der Waals surface area contributed by atoms with Gasteiger partial charge in [-0.15, -0.1) is 0 Å². The van der Waals surface area contributed by atoms with E-state index in [4.69, 9.17) is 12.3 Å². The quantitative estimate of drug-likeness (QED) is 0.472. The molecule has 0 radical (unpaired) electrons. The second-order valence-corrected chi connectivity index (χ2v) is 4.00. The number of carbonyl (C=O) groups is 4. The zero-order chi connectivity index (χ0) is 17.7. The van der Waals surface area contributed by atoms with Crippen molar-refractivity contribution in [2.75, 3.05) is 0 Å². The molecular formula is C10H14F3N3O5. The molecule has 0 aromatic rings. The van der Waals surface area contributed by atoms with Crippen molar-refractivity contribution in [1.29, 1.82) is 0 Å². The van der Waals surface area contributed by atoms with Gasteiger partial charge in [0.15, 0.2) is 1.41 Å². The Morgan fingerprint density at radius 2 is 1.86 bits per heavy atom. The number of carbonyl (C=O) groups excluding carboxylic acids is 3. The van der Waals surface area contributed by atoms with Crippen LogP contribution in [-0.4, -0.2) is 47.1 Å². The van der Waals surface area contributed by atoms with E-state index in [0.717, 1.165) is 6.92 Å². The van der Waals surface area contributed by atoms with Crippen LogP contribution in [0.4, 0.5) is 13.2 Å². The number of halogens is 3. The maximum atomic E-state index is 12.1. The molecule has 0 spiro atoms. The Morgan fingerprint density at radius 3 is 2.24 bits per heavy atom. The topological polar surface area (TPSA) is 139 Å². The molecule has 0 aliphatic carbocycles. The largest absolute Gasteiger partial charge is 0.481 e. The third-order valence-electron chi connectivity index (χ3n) is 2.24. The van der Waals surface area contributed by atoms with Crippen LogP contribution in [0.1, 0.15) is 19.8 Å². The van der Waals surface area contributed by atoms with Crippen LogP contribution in [-0.2, 0) is 19.2 Å². The van der Waals surface area contributed by atoms with Crippen molar-refractivity contribution in [3.8, 4) is 0 Å². The van der Waals surface area contributed by atoms with E-state index in [2.05, 4.69) is 0 Å². The predicted molar refractivity (Wildman–Crippen MR) is 61.7 cm³/mol. The Morgan fingerprint density at radius 1 is 1.33 bits per heavy atom. The fourth-order valence-electron chi connectivity index (χ4n) is 1.15. The number of hydrogen-bond acceptors (Lipinski definition) is 4. The summed E-state index contributed by atoms with van der Waals surface area (Å²) in [6.07, 6.45) is -6.23. The van der Waals surface area contributed by atoms with Gasteiger partial charge in [0.05, 0.1) is 0 Å². The van der Waals surface area contributed by atoms with Gasteiger partial charge in [-0.05, 0) is 13.3 Å². The van der Waals surface area contributed by atoms with Crippen LogP contribution in [0.2, 0.25) is 1.41 Å². The summed E-state index contributed by atoms with van der Waals surface area (Å²) in [5, 5.41) is 9.77. The van der Waals surface area contributed by atoms with E-state index in [1.165, 1.54) is 0 Å². The summed E-state index contributed by atoms with van der Waals surface area (Å²) >= 11 is 0. The number of primary amides is 1. The standard InChI is InChI=1S/C10H14F3N3O5/c1-4(15-9(21)10(11,12)13)8(20)16-5(7(14)19)2-3-6(17)18/h4-5H,2-3H2,1H3,(H2,14,19)(H,15,21)(H,16,20)(H,17,18)/t4-,5-/m0/s1/i/hD. The highest BCUT2D eigenvalue weighted by Crippen LogP contribution is 2.14. The number of nitrogens with one attached hydrogen (secondary N) is 2. The van der Waals surface area contributed by atoms with Crippen molar-refractivity contribution >= 4 is 23.7 Å². The SMILES string of the molecule is [2H]N(C(=O)C(F)(F)F)[C@@H](C)C(=O)N[C@@H](CCC(=O)O)C(N)=O. The summed E-state index contributed by atoms with van der Waals surface area (Å²) in [6, 6.07) is -3.30. The fraction of sp³-hybridized carbons (Fsp3) is 0.600. The van der Waals surface area contributed by atoms with Gasteiger partial charge >= 0.3 is 18.1 Å². The zero-order valence-electron chi connectivity index (χ0n) is 11.8. The highest BCUT2D eigenvalue weighted by molar-refractivity contribution is 5.92. The summed E-state index contributed by atoms with van der Waals surface area (Å²) in [4.78, 5) is 43.9. The molecule has 0 aromatic carbocycles.